The van der Waals surface area contributed by atoms with Crippen LogP contribution in [0.2, 0.25) is 0 Å². The molecule has 0 spiro atoms. The molecule has 0 bridgehead atoms. The number of hydrogen-bond donors (Lipinski definition) is 2. The molecule has 5 heteroatoms. The van der Waals surface area contributed by atoms with Crippen molar-refractivity contribution < 1.29 is 14.6 Å². The van der Waals surface area contributed by atoms with Gasteiger partial charge in [-0.2, -0.15) is 0 Å². The zero-order chi connectivity index (χ0) is 13.0. The monoisotopic (exact) mass is 238 g/mol. The number of aliphatic carboxylic acids is 1. The minimum atomic E-state index is -0.921. The number of methoxy groups -OCH3 is 1. The lowest BCUT2D eigenvalue weighted by atomic mass is 10.0. The van der Waals surface area contributed by atoms with Gasteiger partial charge in [0.25, 0.3) is 0 Å². The van der Waals surface area contributed by atoms with Gasteiger partial charge in [-0.05, 0) is 18.2 Å². The minimum Gasteiger partial charge on any atom is -0.496 e. The number of rotatable bonds is 5. The normalized spacial score (nSPS) is 12.0. The Balaban J connectivity index is 3.09. The highest BCUT2D eigenvalue weighted by Crippen LogP contribution is 2.29. The smallest absolute Gasteiger partial charge is 0.305 e. The van der Waals surface area contributed by atoms with Gasteiger partial charge in [-0.15, -0.1) is 0 Å². The molecule has 1 atom stereocenters. The predicted octanol–water partition coefficient (Wildman–Crippen LogP) is 1.24. The van der Waals surface area contributed by atoms with E-state index in [1.54, 1.807) is 13.2 Å². The second-order valence-corrected chi connectivity index (χ2v) is 4.03. The number of carboxylic acids is 1. The van der Waals surface area contributed by atoms with Gasteiger partial charge in [0, 0.05) is 31.4 Å². The van der Waals surface area contributed by atoms with Crippen LogP contribution < -0.4 is 15.4 Å². The zero-order valence-corrected chi connectivity index (χ0v) is 10.3. The molecule has 5 nitrogen and oxygen atoms in total. The van der Waals surface area contributed by atoms with Gasteiger partial charge in [0.15, 0.2) is 0 Å². The van der Waals surface area contributed by atoms with E-state index in [1.807, 2.05) is 31.1 Å². The number of carbonyl (C=O) groups is 1. The van der Waals surface area contributed by atoms with E-state index < -0.39 is 12.0 Å². The van der Waals surface area contributed by atoms with E-state index in [2.05, 4.69) is 0 Å². The number of carboxylic acid groups (broad SMARTS) is 1. The molecule has 0 radical (unpaired) electrons. The molecule has 1 aromatic rings. The molecule has 1 rings (SSSR count). The maximum atomic E-state index is 10.7. The van der Waals surface area contributed by atoms with Crippen LogP contribution in [0.25, 0.3) is 0 Å². The van der Waals surface area contributed by atoms with E-state index in [4.69, 9.17) is 15.6 Å². The van der Waals surface area contributed by atoms with Crippen molar-refractivity contribution in [1.82, 2.24) is 0 Å². The lowest BCUT2D eigenvalue weighted by Gasteiger charge is -2.19. The van der Waals surface area contributed by atoms with Crippen LogP contribution in [0.1, 0.15) is 18.0 Å². The van der Waals surface area contributed by atoms with Gasteiger partial charge in [-0.3, -0.25) is 4.79 Å². The third-order valence-electron chi connectivity index (χ3n) is 2.52. The molecule has 0 aliphatic heterocycles. The molecule has 0 saturated carbocycles. The molecule has 94 valence electrons. The first-order valence-electron chi connectivity index (χ1n) is 5.28. The predicted molar refractivity (Wildman–Crippen MR) is 66.5 cm³/mol. The number of nitrogens with two attached hydrogens (primary N) is 1. The summed E-state index contributed by atoms with van der Waals surface area (Å²) in [6, 6.07) is 4.98. The van der Waals surface area contributed by atoms with Gasteiger partial charge < -0.3 is 20.5 Å². The summed E-state index contributed by atoms with van der Waals surface area (Å²) in [7, 11) is 5.37. The van der Waals surface area contributed by atoms with Crippen molar-refractivity contribution in [2.75, 3.05) is 26.1 Å². The molecule has 1 unspecified atom stereocenters. The summed E-state index contributed by atoms with van der Waals surface area (Å²) in [6.07, 6.45) is -0.118. The van der Waals surface area contributed by atoms with Gasteiger partial charge in [0.05, 0.1) is 13.5 Å². The zero-order valence-electron chi connectivity index (χ0n) is 10.3. The molecular formula is C12H18N2O3. The SMILES string of the molecule is COc1ccc(N(C)C)cc1C(N)CC(=O)O. The third-order valence-corrected chi connectivity index (χ3v) is 2.52. The second-order valence-electron chi connectivity index (χ2n) is 4.03. The summed E-state index contributed by atoms with van der Waals surface area (Å²) in [4.78, 5) is 12.6. The molecule has 1 aromatic carbocycles. The Morgan fingerprint density at radius 2 is 2.18 bits per heavy atom. The van der Waals surface area contributed by atoms with Crippen molar-refractivity contribution in [2.24, 2.45) is 5.73 Å². The van der Waals surface area contributed by atoms with Crippen molar-refractivity contribution >= 4 is 11.7 Å². The fourth-order valence-electron chi connectivity index (χ4n) is 1.59. The Hall–Kier alpha value is -1.75. The number of nitrogens with zero attached hydrogens (tertiary/aromatic N) is 1. The second kappa shape index (κ2) is 5.54. The van der Waals surface area contributed by atoms with Gasteiger partial charge in [0.2, 0.25) is 0 Å². The van der Waals surface area contributed by atoms with Crippen LogP contribution in [-0.2, 0) is 4.79 Å². The topological polar surface area (TPSA) is 75.8 Å². The number of anilines is 1. The first kappa shape index (κ1) is 13.3. The summed E-state index contributed by atoms with van der Waals surface area (Å²) in [5, 5.41) is 8.76. The van der Waals surface area contributed by atoms with E-state index in [9.17, 15) is 4.79 Å². The molecule has 0 aliphatic rings. The first-order chi connectivity index (χ1) is 7.95. The minimum absolute atomic E-state index is 0.118. The molecule has 0 fully saturated rings. The fourth-order valence-corrected chi connectivity index (χ4v) is 1.59. The third kappa shape index (κ3) is 3.35. The largest absolute Gasteiger partial charge is 0.496 e. The van der Waals surface area contributed by atoms with E-state index in [1.165, 1.54) is 0 Å². The van der Waals surface area contributed by atoms with Gasteiger partial charge >= 0.3 is 5.97 Å². The molecule has 3 N–H and O–H groups in total. The van der Waals surface area contributed by atoms with Crippen LogP contribution >= 0.6 is 0 Å². The Labute approximate surface area is 101 Å². The molecule has 0 aliphatic carbocycles. The van der Waals surface area contributed by atoms with Crippen molar-refractivity contribution in [3.8, 4) is 5.75 Å². The Morgan fingerprint density at radius 1 is 1.53 bits per heavy atom. The molecule has 0 saturated heterocycles. The summed E-state index contributed by atoms with van der Waals surface area (Å²) in [5.41, 5.74) is 7.53. The average molecular weight is 238 g/mol. The van der Waals surface area contributed by atoms with Crippen LogP contribution in [0.3, 0.4) is 0 Å². The van der Waals surface area contributed by atoms with Crippen LogP contribution in [0, 0.1) is 0 Å². The molecule has 0 heterocycles. The first-order valence-corrected chi connectivity index (χ1v) is 5.28. The summed E-state index contributed by atoms with van der Waals surface area (Å²) >= 11 is 0. The molecule has 17 heavy (non-hydrogen) atoms. The Bertz CT molecular complexity index is 405. The molecule has 0 amide bonds. The number of benzene rings is 1. The van der Waals surface area contributed by atoms with Gasteiger partial charge in [-0.25, -0.2) is 0 Å². The van der Waals surface area contributed by atoms with Crippen LogP contribution in [0.5, 0.6) is 5.75 Å². The van der Waals surface area contributed by atoms with Crippen molar-refractivity contribution in [2.45, 2.75) is 12.5 Å². The Kier molecular flexibility index (Phi) is 4.34. The van der Waals surface area contributed by atoms with Crippen LogP contribution in [-0.4, -0.2) is 32.3 Å². The average Bonchev–Trinajstić information content (AvgIpc) is 2.27. The molecular weight excluding hydrogens is 220 g/mol. The maximum Gasteiger partial charge on any atom is 0.305 e. The van der Waals surface area contributed by atoms with Crippen molar-refractivity contribution in [3.05, 3.63) is 23.8 Å². The number of ether oxygens (including phenoxy) is 1. The molecule has 0 aromatic heterocycles. The summed E-state index contributed by atoms with van der Waals surface area (Å²) < 4.78 is 5.19. The van der Waals surface area contributed by atoms with Crippen LogP contribution in [0.15, 0.2) is 18.2 Å². The van der Waals surface area contributed by atoms with E-state index in [0.717, 1.165) is 5.69 Å². The van der Waals surface area contributed by atoms with Crippen molar-refractivity contribution in [3.63, 3.8) is 0 Å². The van der Waals surface area contributed by atoms with E-state index >= 15 is 0 Å². The lowest BCUT2D eigenvalue weighted by molar-refractivity contribution is -0.137. The van der Waals surface area contributed by atoms with Gasteiger partial charge in [-0.1, -0.05) is 0 Å². The quantitative estimate of drug-likeness (QED) is 0.807. The van der Waals surface area contributed by atoms with Crippen LogP contribution in [0.4, 0.5) is 5.69 Å². The Morgan fingerprint density at radius 3 is 2.65 bits per heavy atom. The van der Waals surface area contributed by atoms with Gasteiger partial charge in [0.1, 0.15) is 5.75 Å². The highest BCUT2D eigenvalue weighted by Gasteiger charge is 2.16. The maximum absolute atomic E-state index is 10.7. The number of hydrogen-bond acceptors (Lipinski definition) is 4. The lowest BCUT2D eigenvalue weighted by Crippen LogP contribution is -2.17. The summed E-state index contributed by atoms with van der Waals surface area (Å²) in [6.45, 7) is 0. The highest BCUT2D eigenvalue weighted by atomic mass is 16.5. The van der Waals surface area contributed by atoms with Crippen molar-refractivity contribution in [1.29, 1.82) is 0 Å². The highest BCUT2D eigenvalue weighted by molar-refractivity contribution is 5.68. The summed E-state index contributed by atoms with van der Waals surface area (Å²) in [5.74, 6) is -0.306. The standard InChI is InChI=1S/C12H18N2O3/c1-14(2)8-4-5-11(17-3)9(6-8)10(13)7-12(15)16/h4-6,10H,7,13H2,1-3H3,(H,15,16). The fraction of sp³-hybridized carbons (Fsp3) is 0.417. The van der Waals surface area contributed by atoms with E-state index in [-0.39, 0.29) is 6.42 Å². The van der Waals surface area contributed by atoms with E-state index in [0.29, 0.717) is 11.3 Å².